The zero-order valence-electron chi connectivity index (χ0n) is 12.2. The van der Waals surface area contributed by atoms with Crippen LogP contribution < -0.4 is 10.2 Å². The smallest absolute Gasteiger partial charge is 0.243 e. The molecular formula is C16H22N2O2. The first-order chi connectivity index (χ1) is 9.70. The molecule has 0 bridgehead atoms. The molecule has 1 amide bonds. The molecule has 20 heavy (non-hydrogen) atoms. The van der Waals surface area contributed by atoms with Gasteiger partial charge in [-0.1, -0.05) is 19.3 Å². The zero-order valence-corrected chi connectivity index (χ0v) is 12.2. The zero-order chi connectivity index (χ0) is 14.4. The molecule has 0 aromatic heterocycles. The lowest BCUT2D eigenvalue weighted by Gasteiger charge is -2.19. The number of methoxy groups -OCH3 is 1. The van der Waals surface area contributed by atoms with Crippen molar-refractivity contribution >= 4 is 11.6 Å². The molecule has 4 heteroatoms. The number of ether oxygens (including phenoxy) is 1. The summed E-state index contributed by atoms with van der Waals surface area (Å²) in [5, 5.41) is 4.20. The second-order valence-electron chi connectivity index (χ2n) is 5.24. The SMILES string of the molecule is COc1ccc(/C(C)=N/NC(=O)C2CCCCC2)cc1. The lowest BCUT2D eigenvalue weighted by atomic mass is 9.89. The van der Waals surface area contributed by atoms with E-state index in [9.17, 15) is 4.79 Å². The summed E-state index contributed by atoms with van der Waals surface area (Å²) < 4.78 is 5.12. The van der Waals surface area contributed by atoms with Gasteiger partial charge in [-0.25, -0.2) is 5.43 Å². The molecule has 1 saturated carbocycles. The van der Waals surface area contributed by atoms with Crippen molar-refractivity contribution in [2.24, 2.45) is 11.0 Å². The minimum atomic E-state index is 0.0533. The number of carbonyl (C=O) groups is 1. The van der Waals surface area contributed by atoms with Gasteiger partial charge in [-0.3, -0.25) is 4.79 Å². The van der Waals surface area contributed by atoms with Gasteiger partial charge in [0.2, 0.25) is 5.91 Å². The Morgan fingerprint density at radius 1 is 1.20 bits per heavy atom. The summed E-state index contributed by atoms with van der Waals surface area (Å²) in [7, 11) is 1.64. The first-order valence-corrected chi connectivity index (χ1v) is 7.19. The van der Waals surface area contributed by atoms with Crippen LogP contribution >= 0.6 is 0 Å². The molecule has 4 nitrogen and oxygen atoms in total. The number of hydrogen-bond acceptors (Lipinski definition) is 3. The van der Waals surface area contributed by atoms with Crippen molar-refractivity contribution in [1.82, 2.24) is 5.43 Å². The van der Waals surface area contributed by atoms with Gasteiger partial charge in [0.05, 0.1) is 12.8 Å². The fraction of sp³-hybridized carbons (Fsp3) is 0.500. The maximum Gasteiger partial charge on any atom is 0.243 e. The van der Waals surface area contributed by atoms with Crippen LogP contribution in [0.5, 0.6) is 5.75 Å². The van der Waals surface area contributed by atoms with Crippen LogP contribution in [0.4, 0.5) is 0 Å². The van der Waals surface area contributed by atoms with E-state index in [1.807, 2.05) is 31.2 Å². The van der Waals surface area contributed by atoms with E-state index in [1.54, 1.807) is 7.11 Å². The second kappa shape index (κ2) is 7.08. The normalized spacial score (nSPS) is 16.8. The summed E-state index contributed by atoms with van der Waals surface area (Å²) in [5.41, 5.74) is 4.48. The van der Waals surface area contributed by atoms with Crippen molar-refractivity contribution in [3.63, 3.8) is 0 Å². The lowest BCUT2D eigenvalue weighted by molar-refractivity contribution is -0.125. The highest BCUT2D eigenvalue weighted by molar-refractivity contribution is 5.99. The van der Waals surface area contributed by atoms with Crippen molar-refractivity contribution in [3.8, 4) is 5.75 Å². The van der Waals surface area contributed by atoms with Crippen molar-refractivity contribution in [2.75, 3.05) is 7.11 Å². The molecule has 0 heterocycles. The highest BCUT2D eigenvalue weighted by Crippen LogP contribution is 2.23. The monoisotopic (exact) mass is 274 g/mol. The fourth-order valence-electron chi connectivity index (χ4n) is 2.49. The van der Waals surface area contributed by atoms with E-state index in [-0.39, 0.29) is 11.8 Å². The number of nitrogens with zero attached hydrogens (tertiary/aromatic N) is 1. The van der Waals surface area contributed by atoms with E-state index in [4.69, 9.17) is 4.74 Å². The van der Waals surface area contributed by atoms with E-state index < -0.39 is 0 Å². The summed E-state index contributed by atoms with van der Waals surface area (Å²) in [5.74, 6) is 1.00. The van der Waals surface area contributed by atoms with Crippen molar-refractivity contribution in [2.45, 2.75) is 39.0 Å². The Hall–Kier alpha value is -1.84. The van der Waals surface area contributed by atoms with Crippen molar-refractivity contribution in [3.05, 3.63) is 29.8 Å². The van der Waals surface area contributed by atoms with Gasteiger partial charge in [0.25, 0.3) is 0 Å². The van der Waals surface area contributed by atoms with E-state index in [1.165, 1.54) is 6.42 Å². The van der Waals surface area contributed by atoms with Gasteiger partial charge in [-0.15, -0.1) is 0 Å². The standard InChI is InChI=1S/C16H22N2O2/c1-12(13-8-10-15(20-2)11-9-13)17-18-16(19)14-6-4-3-5-7-14/h8-11,14H,3-7H2,1-2H3,(H,18,19)/b17-12+. The Morgan fingerprint density at radius 3 is 2.45 bits per heavy atom. The van der Waals surface area contributed by atoms with Gasteiger partial charge in [0, 0.05) is 5.92 Å². The van der Waals surface area contributed by atoms with Crippen LogP contribution in [0.2, 0.25) is 0 Å². The number of amides is 1. The molecule has 1 fully saturated rings. The summed E-state index contributed by atoms with van der Waals surface area (Å²) >= 11 is 0. The second-order valence-corrected chi connectivity index (χ2v) is 5.24. The van der Waals surface area contributed by atoms with Crippen LogP contribution in [0, 0.1) is 5.92 Å². The van der Waals surface area contributed by atoms with E-state index in [0.29, 0.717) is 0 Å². The molecule has 0 aliphatic heterocycles. The average molecular weight is 274 g/mol. The molecule has 1 aromatic carbocycles. The maximum absolute atomic E-state index is 12.0. The molecule has 0 unspecified atom stereocenters. The van der Waals surface area contributed by atoms with Gasteiger partial charge in [0.15, 0.2) is 0 Å². The van der Waals surface area contributed by atoms with Gasteiger partial charge < -0.3 is 4.74 Å². The molecule has 1 aliphatic carbocycles. The Balaban J connectivity index is 1.93. The summed E-state index contributed by atoms with van der Waals surface area (Å²) in [4.78, 5) is 12.0. The molecule has 1 aromatic rings. The number of rotatable bonds is 4. The highest BCUT2D eigenvalue weighted by atomic mass is 16.5. The van der Waals surface area contributed by atoms with Crippen LogP contribution in [0.1, 0.15) is 44.6 Å². The molecule has 0 saturated heterocycles. The molecule has 108 valence electrons. The van der Waals surface area contributed by atoms with Gasteiger partial charge >= 0.3 is 0 Å². The van der Waals surface area contributed by atoms with E-state index >= 15 is 0 Å². The quantitative estimate of drug-likeness (QED) is 0.677. The lowest BCUT2D eigenvalue weighted by Crippen LogP contribution is -2.29. The third kappa shape index (κ3) is 3.83. The van der Waals surface area contributed by atoms with Crippen LogP contribution in [-0.4, -0.2) is 18.7 Å². The number of hydrogen-bond donors (Lipinski definition) is 1. The number of benzene rings is 1. The Labute approximate surface area is 120 Å². The Morgan fingerprint density at radius 2 is 1.85 bits per heavy atom. The molecule has 0 atom stereocenters. The third-order valence-electron chi connectivity index (χ3n) is 3.82. The summed E-state index contributed by atoms with van der Waals surface area (Å²) in [6.07, 6.45) is 5.53. The van der Waals surface area contributed by atoms with E-state index in [0.717, 1.165) is 42.7 Å². The van der Waals surface area contributed by atoms with Gasteiger partial charge in [0.1, 0.15) is 5.75 Å². The fourth-order valence-corrected chi connectivity index (χ4v) is 2.49. The molecule has 0 spiro atoms. The third-order valence-corrected chi connectivity index (χ3v) is 3.82. The Bertz CT molecular complexity index is 474. The van der Waals surface area contributed by atoms with Crippen LogP contribution in [0.25, 0.3) is 0 Å². The molecule has 1 N–H and O–H groups in total. The van der Waals surface area contributed by atoms with Crippen LogP contribution in [0.15, 0.2) is 29.4 Å². The van der Waals surface area contributed by atoms with Crippen LogP contribution in [-0.2, 0) is 4.79 Å². The first-order valence-electron chi connectivity index (χ1n) is 7.19. The highest BCUT2D eigenvalue weighted by Gasteiger charge is 2.20. The van der Waals surface area contributed by atoms with Crippen molar-refractivity contribution < 1.29 is 9.53 Å². The van der Waals surface area contributed by atoms with Gasteiger partial charge in [-0.2, -0.15) is 5.10 Å². The Kier molecular flexibility index (Phi) is 5.16. The predicted molar refractivity (Wildman–Crippen MR) is 79.9 cm³/mol. The maximum atomic E-state index is 12.0. The minimum absolute atomic E-state index is 0.0533. The largest absolute Gasteiger partial charge is 0.497 e. The topological polar surface area (TPSA) is 50.7 Å². The number of nitrogens with one attached hydrogen (secondary N) is 1. The number of carbonyl (C=O) groups excluding carboxylic acids is 1. The molecule has 0 radical (unpaired) electrons. The molecular weight excluding hydrogens is 252 g/mol. The first kappa shape index (κ1) is 14.6. The minimum Gasteiger partial charge on any atom is -0.497 e. The summed E-state index contributed by atoms with van der Waals surface area (Å²) in [6.45, 7) is 1.89. The molecule has 2 rings (SSSR count). The number of hydrazone groups is 1. The summed E-state index contributed by atoms with van der Waals surface area (Å²) in [6, 6.07) is 7.64. The molecule has 1 aliphatic rings. The van der Waals surface area contributed by atoms with Gasteiger partial charge in [-0.05, 0) is 49.6 Å². The van der Waals surface area contributed by atoms with Crippen LogP contribution in [0.3, 0.4) is 0 Å². The van der Waals surface area contributed by atoms with E-state index in [2.05, 4.69) is 10.5 Å². The predicted octanol–water partition coefficient (Wildman–Crippen LogP) is 3.12. The van der Waals surface area contributed by atoms with Crippen molar-refractivity contribution in [1.29, 1.82) is 0 Å². The average Bonchev–Trinajstić information content (AvgIpc) is 2.53.